The molecule has 4 rings (SSSR count). The first kappa shape index (κ1) is 13.0. The van der Waals surface area contributed by atoms with E-state index in [0.29, 0.717) is 22.8 Å². The third-order valence-electron chi connectivity index (χ3n) is 4.31. The Morgan fingerprint density at radius 1 is 1.24 bits per heavy atom. The fraction of sp³-hybridized carbons (Fsp3) is 0.312. The predicted molar refractivity (Wildman–Crippen MR) is 78.6 cm³/mol. The second-order valence-electron chi connectivity index (χ2n) is 5.40. The maximum absolute atomic E-state index is 13.1. The monoisotopic (exact) mass is 302 g/mol. The molecule has 3 heterocycles. The van der Waals surface area contributed by atoms with Gasteiger partial charge < -0.3 is 14.3 Å². The van der Waals surface area contributed by atoms with Gasteiger partial charge in [0.1, 0.15) is 23.5 Å². The number of hydrogen-bond acceptors (Lipinski definition) is 5. The fourth-order valence-electron chi connectivity index (χ4n) is 3.17. The minimum absolute atomic E-state index is 0.0525. The van der Waals surface area contributed by atoms with Crippen LogP contribution in [-0.4, -0.2) is 29.4 Å². The number of carbonyl (C=O) groups excluding carboxylic acids is 1. The number of para-hydroxylation sites is 1. The second kappa shape index (κ2) is 4.64. The third-order valence-corrected chi connectivity index (χ3v) is 5.80. The lowest BCUT2D eigenvalue weighted by molar-refractivity contribution is 0.00703. The number of benzene rings is 1. The Morgan fingerprint density at radius 2 is 2.10 bits per heavy atom. The highest BCUT2D eigenvalue weighted by atomic mass is 32.2. The van der Waals surface area contributed by atoms with Crippen molar-refractivity contribution in [2.75, 3.05) is 12.4 Å². The van der Waals surface area contributed by atoms with Crippen LogP contribution in [0.15, 0.2) is 47.1 Å². The normalized spacial score (nSPS) is 31.2. The van der Waals surface area contributed by atoms with E-state index in [2.05, 4.69) is 0 Å². The molecule has 1 N–H and O–H groups in total. The summed E-state index contributed by atoms with van der Waals surface area (Å²) in [5.74, 6) is 1.76. The summed E-state index contributed by atoms with van der Waals surface area (Å²) in [6.45, 7) is 0.183. The lowest BCUT2D eigenvalue weighted by atomic mass is 9.72. The SMILES string of the molecule is O=C1c2ccccc2OC[C@]12[C@H](O)CS[C@H]2c1ccco1. The smallest absolute Gasteiger partial charge is 0.180 e. The van der Waals surface area contributed by atoms with E-state index >= 15 is 0 Å². The van der Waals surface area contributed by atoms with E-state index in [-0.39, 0.29) is 17.6 Å². The van der Waals surface area contributed by atoms with Crippen LogP contribution in [0.3, 0.4) is 0 Å². The van der Waals surface area contributed by atoms with Crippen molar-refractivity contribution in [3.63, 3.8) is 0 Å². The Balaban J connectivity index is 1.84. The molecule has 2 aromatic rings. The largest absolute Gasteiger partial charge is 0.492 e. The van der Waals surface area contributed by atoms with Gasteiger partial charge in [0, 0.05) is 5.75 Å². The van der Waals surface area contributed by atoms with Crippen molar-refractivity contribution in [2.24, 2.45) is 5.41 Å². The summed E-state index contributed by atoms with van der Waals surface area (Å²) in [6, 6.07) is 10.9. The van der Waals surface area contributed by atoms with Gasteiger partial charge in [0.2, 0.25) is 0 Å². The molecule has 1 spiro atoms. The molecule has 4 nitrogen and oxygen atoms in total. The Morgan fingerprint density at radius 3 is 2.90 bits per heavy atom. The number of furan rings is 1. The molecule has 3 atom stereocenters. The Hall–Kier alpha value is -1.72. The van der Waals surface area contributed by atoms with Gasteiger partial charge in [-0.3, -0.25) is 4.79 Å². The topological polar surface area (TPSA) is 59.7 Å². The van der Waals surface area contributed by atoms with Gasteiger partial charge in [-0.05, 0) is 24.3 Å². The third kappa shape index (κ3) is 1.71. The van der Waals surface area contributed by atoms with Gasteiger partial charge in [-0.2, -0.15) is 0 Å². The van der Waals surface area contributed by atoms with E-state index in [9.17, 15) is 9.90 Å². The molecule has 108 valence electrons. The highest BCUT2D eigenvalue weighted by Gasteiger charge is 2.60. The van der Waals surface area contributed by atoms with Gasteiger partial charge in [0.15, 0.2) is 5.78 Å². The first-order chi connectivity index (χ1) is 10.2. The van der Waals surface area contributed by atoms with Crippen molar-refractivity contribution < 1.29 is 19.1 Å². The van der Waals surface area contributed by atoms with Crippen molar-refractivity contribution in [1.82, 2.24) is 0 Å². The second-order valence-corrected chi connectivity index (χ2v) is 6.54. The van der Waals surface area contributed by atoms with Crippen molar-refractivity contribution in [3.05, 3.63) is 54.0 Å². The van der Waals surface area contributed by atoms with E-state index in [0.717, 1.165) is 0 Å². The minimum atomic E-state index is -0.961. The number of hydrogen-bond donors (Lipinski definition) is 1. The number of ether oxygens (including phenoxy) is 1. The Labute approximate surface area is 126 Å². The van der Waals surface area contributed by atoms with E-state index in [4.69, 9.17) is 9.15 Å². The number of fused-ring (bicyclic) bond motifs is 1. The number of carbonyl (C=O) groups is 1. The van der Waals surface area contributed by atoms with E-state index in [1.165, 1.54) is 0 Å². The zero-order chi connectivity index (χ0) is 14.4. The molecule has 21 heavy (non-hydrogen) atoms. The molecule has 1 fully saturated rings. The first-order valence-corrected chi connectivity index (χ1v) is 7.88. The Bertz CT molecular complexity index is 681. The van der Waals surface area contributed by atoms with Crippen LogP contribution in [0.2, 0.25) is 0 Å². The van der Waals surface area contributed by atoms with Gasteiger partial charge >= 0.3 is 0 Å². The lowest BCUT2D eigenvalue weighted by Gasteiger charge is -2.38. The number of aliphatic hydroxyl groups excluding tert-OH is 1. The van der Waals surface area contributed by atoms with Gasteiger partial charge in [-0.1, -0.05) is 12.1 Å². The van der Waals surface area contributed by atoms with Crippen molar-refractivity contribution in [1.29, 1.82) is 0 Å². The predicted octanol–water partition coefficient (Wildman–Crippen LogP) is 2.69. The number of aliphatic hydroxyl groups is 1. The number of Topliss-reactive ketones (excluding diaryl/α,β-unsaturated/α-hetero) is 1. The summed E-state index contributed by atoms with van der Waals surface area (Å²) in [4.78, 5) is 13.1. The summed E-state index contributed by atoms with van der Waals surface area (Å²) >= 11 is 1.55. The first-order valence-electron chi connectivity index (χ1n) is 6.83. The summed E-state index contributed by atoms with van der Waals surface area (Å²) in [5, 5.41) is 10.3. The molecule has 1 saturated heterocycles. The molecule has 1 aromatic carbocycles. The van der Waals surface area contributed by atoms with Crippen molar-refractivity contribution in [2.45, 2.75) is 11.4 Å². The number of rotatable bonds is 1. The maximum atomic E-state index is 13.1. The van der Waals surface area contributed by atoms with Gasteiger partial charge in [-0.15, -0.1) is 11.8 Å². The standard InChI is InChI=1S/C16H14O4S/c17-13-8-21-15(12-6-3-7-19-12)16(13)9-20-11-5-2-1-4-10(11)14(16)18/h1-7,13,15,17H,8-9H2/t13-,15+,16+/m1/s1. The average Bonchev–Trinajstić information content (AvgIpc) is 3.13. The van der Waals surface area contributed by atoms with Crippen LogP contribution in [0, 0.1) is 5.41 Å². The van der Waals surface area contributed by atoms with Gasteiger partial charge in [0.25, 0.3) is 0 Å². The lowest BCUT2D eigenvalue weighted by Crippen LogP contribution is -2.50. The molecule has 2 aliphatic rings. The molecule has 0 amide bonds. The van der Waals surface area contributed by atoms with Crippen LogP contribution >= 0.6 is 11.8 Å². The highest BCUT2D eigenvalue weighted by molar-refractivity contribution is 7.99. The van der Waals surface area contributed by atoms with Gasteiger partial charge in [0.05, 0.1) is 23.2 Å². The molecule has 0 radical (unpaired) electrons. The molecule has 1 aromatic heterocycles. The number of ketones is 1. The molecule has 5 heteroatoms. The molecule has 0 saturated carbocycles. The van der Waals surface area contributed by atoms with Crippen LogP contribution < -0.4 is 4.74 Å². The quantitative estimate of drug-likeness (QED) is 0.877. The highest BCUT2D eigenvalue weighted by Crippen LogP contribution is 2.57. The summed E-state index contributed by atoms with van der Waals surface area (Å²) in [6.07, 6.45) is 0.856. The maximum Gasteiger partial charge on any atom is 0.180 e. The summed E-state index contributed by atoms with van der Waals surface area (Å²) < 4.78 is 11.3. The molecule has 0 unspecified atom stereocenters. The van der Waals surface area contributed by atoms with E-state index in [1.54, 1.807) is 36.2 Å². The minimum Gasteiger partial charge on any atom is -0.492 e. The average molecular weight is 302 g/mol. The molecule has 2 aliphatic heterocycles. The van der Waals surface area contributed by atoms with Crippen LogP contribution in [0.25, 0.3) is 0 Å². The molecular formula is C16H14O4S. The Kier molecular flexibility index (Phi) is 2.87. The molecule has 0 bridgehead atoms. The van der Waals surface area contributed by atoms with Crippen LogP contribution in [0.4, 0.5) is 0 Å². The molecular weight excluding hydrogens is 288 g/mol. The zero-order valence-electron chi connectivity index (χ0n) is 11.2. The van der Waals surface area contributed by atoms with E-state index in [1.807, 2.05) is 18.2 Å². The van der Waals surface area contributed by atoms with E-state index < -0.39 is 11.5 Å². The van der Waals surface area contributed by atoms with Crippen molar-refractivity contribution in [3.8, 4) is 5.75 Å². The zero-order valence-corrected chi connectivity index (χ0v) is 12.0. The van der Waals surface area contributed by atoms with Crippen molar-refractivity contribution >= 4 is 17.5 Å². The van der Waals surface area contributed by atoms with Gasteiger partial charge in [-0.25, -0.2) is 0 Å². The van der Waals surface area contributed by atoms with Crippen LogP contribution in [0.1, 0.15) is 21.4 Å². The molecule has 0 aliphatic carbocycles. The summed E-state index contributed by atoms with van der Waals surface area (Å²) in [7, 11) is 0. The van der Waals surface area contributed by atoms with Crippen LogP contribution in [-0.2, 0) is 0 Å². The van der Waals surface area contributed by atoms with Crippen LogP contribution in [0.5, 0.6) is 5.75 Å². The summed E-state index contributed by atoms with van der Waals surface area (Å²) in [5.41, 5.74) is -0.418. The number of thioether (sulfide) groups is 1. The fourth-order valence-corrected chi connectivity index (χ4v) is 4.77.